The van der Waals surface area contributed by atoms with E-state index < -0.39 is 22.7 Å². The van der Waals surface area contributed by atoms with Gasteiger partial charge >= 0.3 is 0 Å². The van der Waals surface area contributed by atoms with Crippen LogP contribution in [0.5, 0.6) is 0 Å². The summed E-state index contributed by atoms with van der Waals surface area (Å²) in [5.41, 5.74) is 2.68. The maximum absolute atomic E-state index is 15.9. The normalized spacial score (nSPS) is 25.0. The molecule has 0 N–H and O–H groups in total. The Balaban J connectivity index is 1.57. The summed E-state index contributed by atoms with van der Waals surface area (Å²) in [6, 6.07) is 41.2. The van der Waals surface area contributed by atoms with E-state index in [2.05, 4.69) is 0 Å². The van der Waals surface area contributed by atoms with Gasteiger partial charge in [-0.2, -0.15) is 0 Å². The summed E-state index contributed by atoms with van der Waals surface area (Å²) >= 11 is 12.8. The molecule has 1 heterocycles. The molecule has 2 bridgehead atoms. The predicted octanol–water partition coefficient (Wildman–Crippen LogP) is 8.49. The Bertz CT molecular complexity index is 1960. The van der Waals surface area contributed by atoms with Crippen molar-refractivity contribution in [3.8, 4) is 0 Å². The first-order chi connectivity index (χ1) is 22.3. The van der Waals surface area contributed by atoms with Crippen LogP contribution in [0.15, 0.2) is 133 Å². The van der Waals surface area contributed by atoms with Gasteiger partial charge < -0.3 is 0 Å². The second kappa shape index (κ2) is 10.4. The molecule has 3 aliphatic rings. The lowest BCUT2D eigenvalue weighted by molar-refractivity contribution is -0.130. The summed E-state index contributed by atoms with van der Waals surface area (Å²) in [4.78, 5) is 47.4. The first kappa shape index (κ1) is 28.7. The van der Waals surface area contributed by atoms with Crippen molar-refractivity contribution in [1.29, 1.82) is 0 Å². The number of halogens is 2. The third kappa shape index (κ3) is 3.60. The van der Waals surface area contributed by atoms with E-state index >= 15 is 14.4 Å². The SMILES string of the molecule is Cc1ccccc1N1C(=O)[C@@H]2[C@H](C1=O)[C@@]1(c3ccc(Cl)cc3)C(=O)[C@@]2(c2ccc(Cl)cc2)C(c2ccccc2)=C1c1ccccc1. The molecule has 0 unspecified atom stereocenters. The number of para-hydroxylation sites is 1. The molecule has 0 radical (unpaired) electrons. The Hall–Kier alpha value is -4.77. The molecule has 46 heavy (non-hydrogen) atoms. The largest absolute Gasteiger partial charge is 0.297 e. The second-order valence-corrected chi connectivity index (χ2v) is 13.1. The van der Waals surface area contributed by atoms with E-state index in [1.54, 1.807) is 30.3 Å². The number of nitrogens with zero attached hydrogens (tertiary/aromatic N) is 1. The van der Waals surface area contributed by atoms with Crippen molar-refractivity contribution in [3.05, 3.63) is 171 Å². The maximum Gasteiger partial charge on any atom is 0.239 e. The van der Waals surface area contributed by atoms with E-state index in [-0.39, 0.29) is 17.6 Å². The van der Waals surface area contributed by atoms with Gasteiger partial charge in [-0.3, -0.25) is 14.4 Å². The van der Waals surface area contributed by atoms with Gasteiger partial charge in [-0.1, -0.05) is 126 Å². The fourth-order valence-electron chi connectivity index (χ4n) is 8.41. The van der Waals surface area contributed by atoms with Gasteiger partial charge in [-0.05, 0) is 76.2 Å². The van der Waals surface area contributed by atoms with Gasteiger partial charge in [-0.25, -0.2) is 4.90 Å². The molecule has 2 aliphatic carbocycles. The zero-order valence-corrected chi connectivity index (χ0v) is 26.3. The van der Waals surface area contributed by atoms with E-state index in [1.807, 2.05) is 110 Å². The second-order valence-electron chi connectivity index (χ2n) is 12.2. The number of allylic oxidation sites excluding steroid dienone is 2. The monoisotopic (exact) mass is 639 g/mol. The summed E-state index contributed by atoms with van der Waals surface area (Å²) in [6.45, 7) is 1.89. The van der Waals surface area contributed by atoms with Gasteiger partial charge in [0.05, 0.1) is 28.4 Å². The van der Waals surface area contributed by atoms with Crippen LogP contribution < -0.4 is 4.90 Å². The number of rotatable bonds is 5. The molecule has 5 aromatic carbocycles. The number of amides is 2. The Morgan fingerprint density at radius 1 is 0.522 bits per heavy atom. The molecule has 2 fully saturated rings. The number of fused-ring (bicyclic) bond motifs is 5. The molecule has 4 atom stereocenters. The minimum atomic E-state index is -1.49. The number of carbonyl (C=O) groups is 3. The number of aryl methyl sites for hydroxylation is 1. The number of benzene rings is 5. The topological polar surface area (TPSA) is 54.5 Å². The number of hydrogen-bond acceptors (Lipinski definition) is 3. The Morgan fingerprint density at radius 2 is 0.913 bits per heavy atom. The Morgan fingerprint density at radius 3 is 1.33 bits per heavy atom. The third-order valence-electron chi connectivity index (χ3n) is 10.1. The predicted molar refractivity (Wildman–Crippen MR) is 182 cm³/mol. The van der Waals surface area contributed by atoms with Crippen LogP contribution in [-0.4, -0.2) is 17.6 Å². The van der Waals surface area contributed by atoms with Crippen LogP contribution >= 0.6 is 23.2 Å². The minimum absolute atomic E-state index is 0.191. The molecule has 5 aromatic rings. The van der Waals surface area contributed by atoms with Gasteiger partial charge in [-0.15, -0.1) is 0 Å². The van der Waals surface area contributed by atoms with Crippen molar-refractivity contribution in [3.63, 3.8) is 0 Å². The van der Waals surface area contributed by atoms with Crippen molar-refractivity contribution in [2.45, 2.75) is 17.8 Å². The van der Waals surface area contributed by atoms with Crippen LogP contribution in [-0.2, 0) is 25.2 Å². The van der Waals surface area contributed by atoms with Gasteiger partial charge in [0.15, 0.2) is 5.78 Å². The lowest BCUT2D eigenvalue weighted by Crippen LogP contribution is -2.45. The highest BCUT2D eigenvalue weighted by Crippen LogP contribution is 2.74. The average Bonchev–Trinajstić information content (AvgIpc) is 3.58. The van der Waals surface area contributed by atoms with E-state index in [1.165, 1.54) is 4.90 Å². The summed E-state index contributed by atoms with van der Waals surface area (Å²) < 4.78 is 0. The zero-order valence-electron chi connectivity index (χ0n) is 24.8. The number of anilines is 1. The fraction of sp³-hybridized carbons (Fsp3) is 0.125. The molecule has 1 saturated heterocycles. The van der Waals surface area contributed by atoms with Crippen LogP contribution in [0.3, 0.4) is 0 Å². The number of carbonyl (C=O) groups excluding carboxylic acids is 3. The quantitative estimate of drug-likeness (QED) is 0.181. The lowest BCUT2D eigenvalue weighted by atomic mass is 9.59. The van der Waals surface area contributed by atoms with Crippen LogP contribution in [0.25, 0.3) is 11.1 Å². The summed E-state index contributed by atoms with van der Waals surface area (Å²) in [5, 5.41) is 1.01. The number of ketones is 1. The van der Waals surface area contributed by atoms with Crippen LogP contribution in [0.1, 0.15) is 27.8 Å². The molecular weight excluding hydrogens is 613 g/mol. The smallest absolute Gasteiger partial charge is 0.239 e. The molecule has 8 rings (SSSR count). The Labute approximate surface area is 276 Å². The molecule has 1 aliphatic heterocycles. The van der Waals surface area contributed by atoms with E-state index in [4.69, 9.17) is 23.2 Å². The van der Waals surface area contributed by atoms with Crippen molar-refractivity contribution in [2.24, 2.45) is 11.8 Å². The molecule has 0 aromatic heterocycles. The minimum Gasteiger partial charge on any atom is -0.297 e. The highest BCUT2D eigenvalue weighted by molar-refractivity contribution is 6.39. The summed E-state index contributed by atoms with van der Waals surface area (Å²) in [6.07, 6.45) is 0. The van der Waals surface area contributed by atoms with E-state index in [0.717, 1.165) is 27.8 Å². The van der Waals surface area contributed by atoms with Crippen LogP contribution in [0.4, 0.5) is 5.69 Å². The highest BCUT2D eigenvalue weighted by atomic mass is 35.5. The number of hydrogen-bond donors (Lipinski definition) is 0. The van der Waals surface area contributed by atoms with Crippen molar-refractivity contribution in [1.82, 2.24) is 0 Å². The fourth-order valence-corrected chi connectivity index (χ4v) is 8.66. The molecule has 1 saturated carbocycles. The molecular formula is C40H27Cl2NO3. The summed E-state index contributed by atoms with van der Waals surface area (Å²) in [5.74, 6) is -2.98. The van der Waals surface area contributed by atoms with Crippen LogP contribution in [0.2, 0.25) is 10.0 Å². The standard InChI is InChI=1S/C40H27Cl2NO3/c1-24-10-8-9-15-31(24)43-36(44)34-35(37(43)45)40(28-18-22-30(42)23-19-28)33(26-13-6-3-7-14-26)32(25-11-4-2-5-12-25)39(34,38(40)46)27-16-20-29(41)21-17-27/h2-23,34-35H,1H3/t34-,35+,39-,40-/m0/s1. The first-order valence-corrected chi connectivity index (χ1v) is 15.9. The van der Waals surface area contributed by atoms with Gasteiger partial charge in [0.2, 0.25) is 11.8 Å². The average molecular weight is 641 g/mol. The van der Waals surface area contributed by atoms with E-state index in [9.17, 15) is 0 Å². The molecule has 2 amide bonds. The molecule has 224 valence electrons. The van der Waals surface area contributed by atoms with Crippen molar-refractivity contribution < 1.29 is 14.4 Å². The Kier molecular flexibility index (Phi) is 6.47. The third-order valence-corrected chi connectivity index (χ3v) is 10.6. The molecule has 6 heteroatoms. The first-order valence-electron chi connectivity index (χ1n) is 15.2. The number of imide groups is 1. The van der Waals surface area contributed by atoms with Gasteiger partial charge in [0, 0.05) is 10.0 Å². The summed E-state index contributed by atoms with van der Waals surface area (Å²) in [7, 11) is 0. The van der Waals surface area contributed by atoms with Crippen molar-refractivity contribution in [2.75, 3.05) is 4.90 Å². The van der Waals surface area contributed by atoms with Gasteiger partial charge in [0.1, 0.15) is 0 Å². The zero-order chi connectivity index (χ0) is 31.8. The molecule has 0 spiro atoms. The number of Topliss-reactive ketones (excluding diaryl/α,β-unsaturated/α-hetero) is 1. The van der Waals surface area contributed by atoms with Crippen molar-refractivity contribution >= 4 is 57.6 Å². The maximum atomic E-state index is 15.9. The highest BCUT2D eigenvalue weighted by Gasteiger charge is 2.82. The van der Waals surface area contributed by atoms with Crippen LogP contribution in [0, 0.1) is 18.8 Å². The van der Waals surface area contributed by atoms with E-state index in [0.29, 0.717) is 26.9 Å². The van der Waals surface area contributed by atoms with Gasteiger partial charge in [0.25, 0.3) is 0 Å². The molecule has 4 nitrogen and oxygen atoms in total. The lowest BCUT2D eigenvalue weighted by Gasteiger charge is -2.39.